The van der Waals surface area contributed by atoms with Crippen LogP contribution in [0, 0.1) is 5.92 Å². The number of hydrogen-bond donors (Lipinski definition) is 1. The van der Waals surface area contributed by atoms with Gasteiger partial charge in [-0.2, -0.15) is 0 Å². The van der Waals surface area contributed by atoms with Gasteiger partial charge in [-0.25, -0.2) is 4.98 Å². The van der Waals surface area contributed by atoms with Crippen LogP contribution >= 0.6 is 0 Å². The molecule has 2 aromatic heterocycles. The molecular formula is C18H19N3O3. The van der Waals surface area contributed by atoms with E-state index in [9.17, 15) is 4.79 Å². The number of nitrogens with zero attached hydrogens (tertiary/aromatic N) is 2. The van der Waals surface area contributed by atoms with Crippen molar-refractivity contribution in [1.82, 2.24) is 14.9 Å². The molecule has 3 aromatic rings. The molecule has 6 nitrogen and oxygen atoms in total. The van der Waals surface area contributed by atoms with Gasteiger partial charge < -0.3 is 19.0 Å². The van der Waals surface area contributed by atoms with Gasteiger partial charge in [0.2, 0.25) is 0 Å². The lowest BCUT2D eigenvalue weighted by atomic mass is 9.99. The topological polar surface area (TPSA) is 71.4 Å². The predicted molar refractivity (Wildman–Crippen MR) is 88.7 cm³/mol. The first kappa shape index (κ1) is 15.0. The average molecular weight is 325 g/mol. The minimum Gasteiger partial charge on any atom is -0.464 e. The van der Waals surface area contributed by atoms with E-state index in [2.05, 4.69) is 28.2 Å². The summed E-state index contributed by atoms with van der Waals surface area (Å²) in [5, 5.41) is 1.10. The van der Waals surface area contributed by atoms with E-state index in [0.717, 1.165) is 17.4 Å². The van der Waals surface area contributed by atoms with E-state index in [1.54, 1.807) is 12.5 Å². The van der Waals surface area contributed by atoms with Crippen LogP contribution < -0.4 is 0 Å². The number of H-pyrrole nitrogens is 1. The molecule has 6 heteroatoms. The standard InChI is InChI=1S/C18H19N3O3/c22-18(16-9-19-12-20-16)21-4-6-23-11-14(10-21)7-13-1-2-15-3-5-24-17(15)8-13/h1-3,5,8-9,12,14H,4,6-7,10-11H2,(H,19,20)/t14-/m1/s1. The second kappa shape index (κ2) is 6.49. The molecule has 0 unspecified atom stereocenters. The second-order valence-corrected chi connectivity index (χ2v) is 6.15. The molecule has 1 aliphatic rings. The van der Waals surface area contributed by atoms with Gasteiger partial charge in [0, 0.05) is 24.4 Å². The van der Waals surface area contributed by atoms with E-state index in [4.69, 9.17) is 9.15 Å². The van der Waals surface area contributed by atoms with Crippen LogP contribution in [0.5, 0.6) is 0 Å². The molecule has 0 aliphatic carbocycles. The molecule has 1 fully saturated rings. The highest BCUT2D eigenvalue weighted by atomic mass is 16.5. The molecular weight excluding hydrogens is 306 g/mol. The number of hydrogen-bond acceptors (Lipinski definition) is 4. The number of nitrogens with one attached hydrogen (secondary N) is 1. The molecule has 0 bridgehead atoms. The highest BCUT2D eigenvalue weighted by Crippen LogP contribution is 2.21. The Bertz CT molecular complexity index is 825. The number of carbonyl (C=O) groups is 1. The van der Waals surface area contributed by atoms with Crippen molar-refractivity contribution in [1.29, 1.82) is 0 Å². The van der Waals surface area contributed by atoms with E-state index in [0.29, 0.717) is 32.0 Å². The Morgan fingerprint density at radius 3 is 3.21 bits per heavy atom. The number of ether oxygens (including phenoxy) is 1. The third-order valence-corrected chi connectivity index (χ3v) is 4.40. The van der Waals surface area contributed by atoms with Crippen molar-refractivity contribution >= 4 is 16.9 Å². The summed E-state index contributed by atoms with van der Waals surface area (Å²) in [4.78, 5) is 21.2. The smallest absolute Gasteiger partial charge is 0.272 e. The Labute approximate surface area is 139 Å². The van der Waals surface area contributed by atoms with E-state index >= 15 is 0 Å². The lowest BCUT2D eigenvalue weighted by Gasteiger charge is -2.23. The quantitative estimate of drug-likeness (QED) is 0.803. The number of furan rings is 1. The Kier molecular flexibility index (Phi) is 4.04. The number of rotatable bonds is 3. The molecule has 4 rings (SSSR count). The number of carbonyl (C=O) groups excluding carboxylic acids is 1. The number of imidazole rings is 1. The highest BCUT2D eigenvalue weighted by molar-refractivity contribution is 5.92. The number of fused-ring (bicyclic) bond motifs is 1. The summed E-state index contributed by atoms with van der Waals surface area (Å²) in [6.45, 7) is 2.50. The van der Waals surface area contributed by atoms with Crippen LogP contribution in [0.4, 0.5) is 0 Å². The molecule has 124 valence electrons. The van der Waals surface area contributed by atoms with E-state index < -0.39 is 0 Å². The van der Waals surface area contributed by atoms with Crippen LogP contribution in [0.25, 0.3) is 11.0 Å². The summed E-state index contributed by atoms with van der Waals surface area (Å²) in [5.41, 5.74) is 2.61. The zero-order valence-electron chi connectivity index (χ0n) is 13.3. The van der Waals surface area contributed by atoms with Crippen LogP contribution in [-0.4, -0.2) is 47.1 Å². The molecule has 0 radical (unpaired) electrons. The van der Waals surface area contributed by atoms with Crippen LogP contribution in [0.2, 0.25) is 0 Å². The van der Waals surface area contributed by atoms with Crippen molar-refractivity contribution < 1.29 is 13.9 Å². The molecule has 1 aromatic carbocycles. The van der Waals surface area contributed by atoms with E-state index in [1.165, 1.54) is 11.9 Å². The van der Waals surface area contributed by atoms with Crippen molar-refractivity contribution in [3.63, 3.8) is 0 Å². The summed E-state index contributed by atoms with van der Waals surface area (Å²) < 4.78 is 11.2. The Morgan fingerprint density at radius 1 is 1.38 bits per heavy atom. The molecule has 1 aliphatic heterocycles. The zero-order valence-corrected chi connectivity index (χ0v) is 13.3. The Hall–Kier alpha value is -2.60. The maximum Gasteiger partial charge on any atom is 0.272 e. The van der Waals surface area contributed by atoms with Crippen LogP contribution in [0.15, 0.2) is 47.5 Å². The number of aromatic amines is 1. The van der Waals surface area contributed by atoms with Crippen molar-refractivity contribution in [3.8, 4) is 0 Å². The van der Waals surface area contributed by atoms with Gasteiger partial charge in [0.05, 0.1) is 32.0 Å². The predicted octanol–water partition coefficient (Wildman–Crippen LogP) is 2.49. The SMILES string of the molecule is O=C(c1cnc[nH]1)N1CCOC[C@H](Cc2ccc3ccoc3c2)C1. The van der Waals surface area contributed by atoms with Crippen LogP contribution in [0.1, 0.15) is 16.1 Å². The fraction of sp³-hybridized carbons (Fsp3) is 0.333. The van der Waals surface area contributed by atoms with Crippen LogP contribution in [0.3, 0.4) is 0 Å². The number of aromatic nitrogens is 2. The van der Waals surface area contributed by atoms with Crippen molar-refractivity contribution in [3.05, 3.63) is 54.3 Å². The van der Waals surface area contributed by atoms with Gasteiger partial charge in [0.25, 0.3) is 5.91 Å². The zero-order chi connectivity index (χ0) is 16.4. The monoisotopic (exact) mass is 325 g/mol. The van der Waals surface area contributed by atoms with Crippen molar-refractivity contribution in [2.24, 2.45) is 5.92 Å². The molecule has 24 heavy (non-hydrogen) atoms. The first-order valence-electron chi connectivity index (χ1n) is 8.11. The third kappa shape index (κ3) is 3.05. The summed E-state index contributed by atoms with van der Waals surface area (Å²) >= 11 is 0. The van der Waals surface area contributed by atoms with Gasteiger partial charge in [-0.3, -0.25) is 4.79 Å². The maximum absolute atomic E-state index is 12.5. The minimum absolute atomic E-state index is 0.0236. The molecule has 1 atom stereocenters. The van der Waals surface area contributed by atoms with Crippen LogP contribution in [-0.2, 0) is 11.2 Å². The number of benzene rings is 1. The summed E-state index contributed by atoms with van der Waals surface area (Å²) in [5.74, 6) is 0.233. The van der Waals surface area contributed by atoms with Gasteiger partial charge in [0.1, 0.15) is 11.3 Å². The normalized spacial score (nSPS) is 18.7. The Morgan fingerprint density at radius 2 is 2.33 bits per heavy atom. The van der Waals surface area contributed by atoms with Gasteiger partial charge in [-0.05, 0) is 24.1 Å². The fourth-order valence-corrected chi connectivity index (χ4v) is 3.19. The van der Waals surface area contributed by atoms with Gasteiger partial charge in [0.15, 0.2) is 0 Å². The molecule has 1 saturated heterocycles. The summed E-state index contributed by atoms with van der Waals surface area (Å²) in [6.07, 6.45) is 5.64. The average Bonchev–Trinajstić information content (AvgIpc) is 3.23. The number of amides is 1. The molecule has 1 amide bonds. The van der Waals surface area contributed by atoms with Gasteiger partial charge in [-0.15, -0.1) is 0 Å². The molecule has 1 N–H and O–H groups in total. The highest BCUT2D eigenvalue weighted by Gasteiger charge is 2.24. The lowest BCUT2D eigenvalue weighted by Crippen LogP contribution is -2.36. The molecule has 3 heterocycles. The largest absolute Gasteiger partial charge is 0.464 e. The second-order valence-electron chi connectivity index (χ2n) is 6.15. The fourth-order valence-electron chi connectivity index (χ4n) is 3.19. The minimum atomic E-state index is -0.0236. The summed E-state index contributed by atoms with van der Waals surface area (Å²) in [7, 11) is 0. The van der Waals surface area contributed by atoms with E-state index in [-0.39, 0.29) is 11.8 Å². The van der Waals surface area contributed by atoms with Crippen molar-refractivity contribution in [2.75, 3.05) is 26.3 Å². The van der Waals surface area contributed by atoms with Gasteiger partial charge in [-0.1, -0.05) is 12.1 Å². The third-order valence-electron chi connectivity index (χ3n) is 4.40. The maximum atomic E-state index is 12.5. The van der Waals surface area contributed by atoms with Crippen molar-refractivity contribution in [2.45, 2.75) is 6.42 Å². The lowest BCUT2D eigenvalue weighted by molar-refractivity contribution is 0.0732. The van der Waals surface area contributed by atoms with E-state index in [1.807, 2.05) is 11.0 Å². The first-order valence-corrected chi connectivity index (χ1v) is 8.11. The first-order chi connectivity index (χ1) is 11.8. The Balaban J connectivity index is 1.48. The van der Waals surface area contributed by atoms with Gasteiger partial charge >= 0.3 is 0 Å². The molecule has 0 spiro atoms. The molecule has 0 saturated carbocycles. The summed E-state index contributed by atoms with van der Waals surface area (Å²) in [6, 6.07) is 8.21.